The van der Waals surface area contributed by atoms with Gasteiger partial charge in [-0.1, -0.05) is 41.6 Å². The Labute approximate surface area is 187 Å². The van der Waals surface area contributed by atoms with Crippen LogP contribution >= 0.6 is 0 Å². The molecule has 3 rings (SSSR count). The number of carbonyl (C=O) groups excluding carboxylic acids is 1. The molecule has 0 bridgehead atoms. The van der Waals surface area contributed by atoms with Crippen molar-refractivity contribution in [2.24, 2.45) is 10.3 Å². The molecule has 3 N–H and O–H groups in total. The van der Waals surface area contributed by atoms with E-state index in [0.717, 1.165) is 11.3 Å². The van der Waals surface area contributed by atoms with E-state index in [9.17, 15) is 4.79 Å². The molecule has 0 aliphatic carbocycles. The summed E-state index contributed by atoms with van der Waals surface area (Å²) in [7, 11) is 6.51. The lowest BCUT2D eigenvalue weighted by Gasteiger charge is -2.34. The molecule has 2 heterocycles. The number of allylic oxidation sites excluding steroid dienone is 2. The van der Waals surface area contributed by atoms with Gasteiger partial charge in [-0.3, -0.25) is 9.80 Å². The monoisotopic (exact) mass is 443 g/mol. The summed E-state index contributed by atoms with van der Waals surface area (Å²) in [5.74, 6) is -1.18. The molecule has 0 radical (unpaired) electrons. The number of hydrogen-bond donors (Lipinski definition) is 3. The maximum atomic E-state index is 12.6. The number of benzene rings is 1. The Morgan fingerprint density at radius 3 is 2.59 bits per heavy atom. The van der Waals surface area contributed by atoms with Gasteiger partial charge < -0.3 is 24.5 Å². The van der Waals surface area contributed by atoms with Crippen LogP contribution in [-0.4, -0.2) is 74.2 Å². The summed E-state index contributed by atoms with van der Waals surface area (Å²) in [6.45, 7) is 1.74. The Hall–Kier alpha value is -3.41. The Bertz CT molecular complexity index is 925. The van der Waals surface area contributed by atoms with Crippen molar-refractivity contribution in [3.8, 4) is 0 Å². The van der Waals surface area contributed by atoms with E-state index in [1.807, 2.05) is 67.6 Å². The van der Waals surface area contributed by atoms with Gasteiger partial charge in [0.05, 0.1) is 5.70 Å². The molecule has 0 saturated carbocycles. The van der Waals surface area contributed by atoms with Crippen molar-refractivity contribution >= 4 is 17.5 Å². The zero-order chi connectivity index (χ0) is 23.1. The van der Waals surface area contributed by atoms with Crippen LogP contribution in [0.4, 0.5) is 0 Å². The minimum absolute atomic E-state index is 0.188. The molecule has 1 aromatic carbocycles. The highest BCUT2D eigenvalue weighted by Gasteiger charge is 2.35. The van der Waals surface area contributed by atoms with Crippen LogP contribution in [0.2, 0.25) is 0 Å². The van der Waals surface area contributed by atoms with Crippen LogP contribution in [0.1, 0.15) is 12.5 Å². The molecule has 11 nitrogen and oxygen atoms in total. The number of amides is 1. The molecule has 1 unspecified atom stereocenters. The summed E-state index contributed by atoms with van der Waals surface area (Å²) in [6.07, 6.45) is 5.21. The van der Waals surface area contributed by atoms with Gasteiger partial charge in [-0.25, -0.2) is 5.53 Å². The minimum atomic E-state index is -1.38. The van der Waals surface area contributed by atoms with E-state index in [1.54, 1.807) is 11.9 Å². The second-order valence-electron chi connectivity index (χ2n) is 7.22. The van der Waals surface area contributed by atoms with E-state index in [4.69, 9.17) is 14.3 Å². The zero-order valence-electron chi connectivity index (χ0n) is 18.8. The lowest BCUT2D eigenvalue weighted by atomic mass is 10.1. The summed E-state index contributed by atoms with van der Waals surface area (Å²) in [4.78, 5) is 20.1. The number of hydrazone groups is 1. The van der Waals surface area contributed by atoms with Crippen molar-refractivity contribution in [3.63, 3.8) is 0 Å². The molecule has 11 heteroatoms. The van der Waals surface area contributed by atoms with Crippen LogP contribution < -0.4 is 16.4 Å². The van der Waals surface area contributed by atoms with Gasteiger partial charge in [-0.2, -0.15) is 0 Å². The summed E-state index contributed by atoms with van der Waals surface area (Å²) in [5.41, 5.74) is 7.82. The highest BCUT2D eigenvalue weighted by atomic mass is 16.7. The average Bonchev–Trinajstić information content (AvgIpc) is 3.24. The van der Waals surface area contributed by atoms with Crippen molar-refractivity contribution in [1.82, 2.24) is 26.3 Å². The molecule has 0 aromatic heterocycles. The third-order valence-corrected chi connectivity index (χ3v) is 5.25. The number of amidine groups is 1. The third kappa shape index (κ3) is 5.07. The van der Waals surface area contributed by atoms with E-state index in [-0.39, 0.29) is 6.61 Å². The number of nitrogens with one attached hydrogen (secondary N) is 3. The van der Waals surface area contributed by atoms with E-state index in [1.165, 1.54) is 14.2 Å². The molecule has 1 atom stereocenters. The van der Waals surface area contributed by atoms with E-state index < -0.39 is 17.9 Å². The fourth-order valence-electron chi connectivity index (χ4n) is 3.00. The minimum Gasteiger partial charge on any atom is -0.389 e. The van der Waals surface area contributed by atoms with E-state index in [2.05, 4.69) is 26.6 Å². The van der Waals surface area contributed by atoms with Crippen molar-refractivity contribution in [2.45, 2.75) is 18.9 Å². The first kappa shape index (κ1) is 23.3. The fraction of sp³-hybridized carbons (Fsp3) is 0.381. The van der Waals surface area contributed by atoms with Crippen LogP contribution in [0.15, 0.2) is 64.5 Å². The van der Waals surface area contributed by atoms with Gasteiger partial charge in [0.15, 0.2) is 18.2 Å². The van der Waals surface area contributed by atoms with Gasteiger partial charge in [0.1, 0.15) is 6.17 Å². The third-order valence-electron chi connectivity index (χ3n) is 5.25. The highest BCUT2D eigenvalue weighted by Crippen LogP contribution is 2.16. The second kappa shape index (κ2) is 10.3. The number of ether oxygens (including phenoxy) is 2. The molecule has 2 aliphatic heterocycles. The number of likely N-dealkylation sites (N-methyl/N-ethyl adjacent to an activating group) is 2. The normalized spacial score (nSPS) is 18.8. The SMILES string of the molecule is COC(C)(OC)C(=O)NC1C=CC=C(CO/N=C(\C2=NNNN2C)c2ccccc2)N1C. The van der Waals surface area contributed by atoms with Crippen LogP contribution in [0, 0.1) is 0 Å². The number of hydrogen-bond acceptors (Lipinski definition) is 10. The first-order chi connectivity index (χ1) is 15.4. The van der Waals surface area contributed by atoms with Gasteiger partial charge in [0, 0.05) is 33.9 Å². The molecule has 0 spiro atoms. The van der Waals surface area contributed by atoms with E-state index in [0.29, 0.717) is 11.5 Å². The van der Waals surface area contributed by atoms with Gasteiger partial charge in [0.25, 0.3) is 5.91 Å². The Kier molecular flexibility index (Phi) is 7.46. The maximum absolute atomic E-state index is 12.6. The van der Waals surface area contributed by atoms with E-state index >= 15 is 0 Å². The van der Waals surface area contributed by atoms with Crippen LogP contribution in [-0.2, 0) is 19.1 Å². The van der Waals surface area contributed by atoms with Crippen molar-refractivity contribution in [1.29, 1.82) is 0 Å². The standard InChI is InChI=1S/C21H29N7O4/c1-21(30-4,31-5)20(29)22-17-13-9-12-16(27(17)2)14-32-24-18(15-10-7-6-8-11-15)19-23-25-26-28(19)3/h6-13,17,25-26H,14H2,1-5H3,(H,22,29)/b24-18-. The lowest BCUT2D eigenvalue weighted by molar-refractivity contribution is -0.202. The molecular formula is C21H29N7O4. The Balaban J connectivity index is 1.69. The molecule has 2 aliphatic rings. The lowest BCUT2D eigenvalue weighted by Crippen LogP contribution is -2.54. The highest BCUT2D eigenvalue weighted by molar-refractivity contribution is 6.47. The predicted molar refractivity (Wildman–Crippen MR) is 120 cm³/mol. The fourth-order valence-corrected chi connectivity index (χ4v) is 3.00. The Morgan fingerprint density at radius 2 is 1.97 bits per heavy atom. The number of hydrazine groups is 2. The van der Waals surface area contributed by atoms with Crippen LogP contribution in [0.25, 0.3) is 0 Å². The Morgan fingerprint density at radius 1 is 1.25 bits per heavy atom. The van der Waals surface area contributed by atoms with Crippen LogP contribution in [0.5, 0.6) is 0 Å². The molecule has 1 aromatic rings. The van der Waals surface area contributed by atoms with Crippen molar-refractivity contribution < 1.29 is 19.1 Å². The smallest absolute Gasteiger partial charge is 0.281 e. The average molecular weight is 444 g/mol. The largest absolute Gasteiger partial charge is 0.389 e. The van der Waals surface area contributed by atoms with Crippen LogP contribution in [0.3, 0.4) is 0 Å². The quantitative estimate of drug-likeness (QED) is 0.288. The summed E-state index contributed by atoms with van der Waals surface area (Å²) < 4.78 is 10.4. The first-order valence-electron chi connectivity index (χ1n) is 9.99. The molecule has 0 fully saturated rings. The number of rotatable bonds is 9. The second-order valence-corrected chi connectivity index (χ2v) is 7.22. The van der Waals surface area contributed by atoms with Gasteiger partial charge in [-0.15, -0.1) is 10.6 Å². The number of oxime groups is 1. The van der Waals surface area contributed by atoms with Crippen molar-refractivity contribution in [2.75, 3.05) is 34.9 Å². The summed E-state index contributed by atoms with van der Waals surface area (Å²) in [6, 6.07) is 9.63. The number of carbonyl (C=O) groups is 1. The maximum Gasteiger partial charge on any atom is 0.281 e. The molecule has 32 heavy (non-hydrogen) atoms. The molecule has 0 saturated heterocycles. The summed E-state index contributed by atoms with van der Waals surface area (Å²) in [5, 5.41) is 13.2. The number of methoxy groups -OCH3 is 2. The summed E-state index contributed by atoms with van der Waals surface area (Å²) >= 11 is 0. The van der Waals surface area contributed by atoms with Gasteiger partial charge >= 0.3 is 0 Å². The predicted octanol–water partition coefficient (Wildman–Crippen LogP) is 0.512. The van der Waals surface area contributed by atoms with Gasteiger partial charge in [0.2, 0.25) is 5.79 Å². The molecule has 172 valence electrons. The van der Waals surface area contributed by atoms with Crippen molar-refractivity contribution in [3.05, 3.63) is 59.8 Å². The molecule has 1 amide bonds. The molecular weight excluding hydrogens is 414 g/mol. The topological polar surface area (TPSA) is 112 Å². The first-order valence-corrected chi connectivity index (χ1v) is 9.99. The zero-order valence-corrected chi connectivity index (χ0v) is 18.8. The number of nitrogens with zero attached hydrogens (tertiary/aromatic N) is 4. The van der Waals surface area contributed by atoms with Gasteiger partial charge in [-0.05, 0) is 19.1 Å².